The van der Waals surface area contributed by atoms with Crippen molar-refractivity contribution in [3.05, 3.63) is 28.5 Å². The molecule has 1 N–H and O–H groups in total. The summed E-state index contributed by atoms with van der Waals surface area (Å²) in [5, 5.41) is 2.85. The molecule has 0 atom stereocenters. The Bertz CT molecular complexity index is 382. The highest BCUT2D eigenvalue weighted by Gasteiger charge is 2.06. The summed E-state index contributed by atoms with van der Waals surface area (Å²) in [6.07, 6.45) is -0.130. The van der Waals surface area contributed by atoms with E-state index in [0.717, 1.165) is 0 Å². The smallest absolute Gasteiger partial charge is 0.325 e. The van der Waals surface area contributed by atoms with Crippen LogP contribution in [0.3, 0.4) is 0 Å². The van der Waals surface area contributed by atoms with Gasteiger partial charge in [-0.15, -0.1) is 0 Å². The van der Waals surface area contributed by atoms with Gasteiger partial charge in [-0.05, 0) is 48.0 Å². The maximum absolute atomic E-state index is 12.9. The second-order valence-electron chi connectivity index (χ2n) is 3.52. The molecule has 0 amide bonds. The number of ether oxygens (including phenoxy) is 1. The topological polar surface area (TPSA) is 38.3 Å². The van der Waals surface area contributed by atoms with Crippen molar-refractivity contribution in [3.8, 4) is 0 Å². The highest BCUT2D eigenvalue weighted by molar-refractivity contribution is 9.10. The number of halogens is 2. The van der Waals surface area contributed by atoms with Gasteiger partial charge in [-0.3, -0.25) is 4.79 Å². The lowest BCUT2D eigenvalue weighted by atomic mass is 10.3. The molecular formula is C11H13BrFNO2. The maximum atomic E-state index is 12.9. The third-order valence-corrected chi connectivity index (χ3v) is 2.33. The second-order valence-corrected chi connectivity index (χ2v) is 4.38. The van der Waals surface area contributed by atoms with Gasteiger partial charge in [0, 0.05) is 5.69 Å². The van der Waals surface area contributed by atoms with Crippen LogP contribution in [-0.2, 0) is 9.53 Å². The number of anilines is 1. The summed E-state index contributed by atoms with van der Waals surface area (Å²) in [5.74, 6) is -0.675. The van der Waals surface area contributed by atoms with Crippen molar-refractivity contribution in [3.63, 3.8) is 0 Å². The van der Waals surface area contributed by atoms with Gasteiger partial charge >= 0.3 is 5.97 Å². The molecule has 3 nitrogen and oxygen atoms in total. The molecule has 0 aliphatic carbocycles. The van der Waals surface area contributed by atoms with Gasteiger partial charge in [0.25, 0.3) is 0 Å². The van der Waals surface area contributed by atoms with Crippen LogP contribution in [0.2, 0.25) is 0 Å². The molecule has 0 radical (unpaired) electrons. The number of esters is 1. The quantitative estimate of drug-likeness (QED) is 0.866. The van der Waals surface area contributed by atoms with E-state index in [1.807, 2.05) is 0 Å². The molecule has 16 heavy (non-hydrogen) atoms. The molecule has 0 saturated heterocycles. The fraction of sp³-hybridized carbons (Fsp3) is 0.364. The van der Waals surface area contributed by atoms with Crippen LogP contribution in [0.4, 0.5) is 10.1 Å². The molecule has 0 bridgehead atoms. The van der Waals surface area contributed by atoms with Crippen molar-refractivity contribution in [1.29, 1.82) is 0 Å². The lowest BCUT2D eigenvalue weighted by Crippen LogP contribution is -2.20. The molecule has 1 aromatic carbocycles. The van der Waals surface area contributed by atoms with Crippen LogP contribution in [0.1, 0.15) is 13.8 Å². The Hall–Kier alpha value is -1.10. The molecule has 0 aromatic heterocycles. The first kappa shape index (κ1) is 13.0. The molecular weight excluding hydrogens is 277 g/mol. The summed E-state index contributed by atoms with van der Waals surface area (Å²) < 4.78 is 18.2. The van der Waals surface area contributed by atoms with Gasteiger partial charge in [0.2, 0.25) is 0 Å². The number of benzene rings is 1. The number of carbonyl (C=O) groups excluding carboxylic acids is 1. The monoisotopic (exact) mass is 289 g/mol. The van der Waals surface area contributed by atoms with Gasteiger partial charge in [-0.2, -0.15) is 0 Å². The van der Waals surface area contributed by atoms with Crippen molar-refractivity contribution in [2.75, 3.05) is 11.9 Å². The summed E-state index contributed by atoms with van der Waals surface area (Å²) >= 11 is 3.06. The van der Waals surface area contributed by atoms with E-state index in [1.54, 1.807) is 26.0 Å². The fourth-order valence-corrected chi connectivity index (χ4v) is 1.46. The summed E-state index contributed by atoms with van der Waals surface area (Å²) in [7, 11) is 0. The molecule has 0 fully saturated rings. The number of hydrogen-bond acceptors (Lipinski definition) is 3. The van der Waals surface area contributed by atoms with Crippen molar-refractivity contribution in [2.24, 2.45) is 0 Å². The summed E-state index contributed by atoms with van der Waals surface area (Å²) in [6.45, 7) is 3.63. The Morgan fingerprint density at radius 1 is 1.56 bits per heavy atom. The number of carbonyl (C=O) groups is 1. The maximum Gasteiger partial charge on any atom is 0.325 e. The Morgan fingerprint density at radius 2 is 2.25 bits per heavy atom. The molecule has 0 aliphatic rings. The molecule has 1 rings (SSSR count). The molecule has 0 spiro atoms. The molecule has 0 aliphatic heterocycles. The highest BCUT2D eigenvalue weighted by Crippen LogP contribution is 2.19. The van der Waals surface area contributed by atoms with Gasteiger partial charge in [-0.1, -0.05) is 0 Å². The molecule has 88 valence electrons. The minimum Gasteiger partial charge on any atom is -0.462 e. The first-order chi connectivity index (χ1) is 7.49. The molecule has 5 heteroatoms. The van der Waals surface area contributed by atoms with E-state index in [1.165, 1.54) is 6.07 Å². The zero-order chi connectivity index (χ0) is 12.1. The van der Waals surface area contributed by atoms with E-state index < -0.39 is 0 Å². The molecule has 0 saturated carbocycles. The van der Waals surface area contributed by atoms with Crippen LogP contribution >= 0.6 is 15.9 Å². The Morgan fingerprint density at radius 3 is 2.81 bits per heavy atom. The lowest BCUT2D eigenvalue weighted by molar-refractivity contribution is -0.145. The minimum atomic E-state index is -0.338. The van der Waals surface area contributed by atoms with E-state index in [9.17, 15) is 9.18 Å². The van der Waals surface area contributed by atoms with Crippen molar-refractivity contribution in [1.82, 2.24) is 0 Å². The van der Waals surface area contributed by atoms with E-state index in [0.29, 0.717) is 10.2 Å². The average Bonchev–Trinajstić information content (AvgIpc) is 2.19. The third-order valence-electron chi connectivity index (χ3n) is 1.72. The SMILES string of the molecule is CC(C)OC(=O)CNc1ccc(F)c(Br)c1. The van der Waals surface area contributed by atoms with Gasteiger partial charge in [-0.25, -0.2) is 4.39 Å². The third kappa shape index (κ3) is 4.18. The second kappa shape index (κ2) is 5.84. The summed E-state index contributed by atoms with van der Waals surface area (Å²) in [6, 6.07) is 4.45. The van der Waals surface area contributed by atoms with Crippen molar-refractivity contribution < 1.29 is 13.9 Å². The first-order valence-corrected chi connectivity index (χ1v) is 5.66. The molecule has 1 aromatic rings. The highest BCUT2D eigenvalue weighted by atomic mass is 79.9. The largest absolute Gasteiger partial charge is 0.462 e. The van der Waals surface area contributed by atoms with Crippen molar-refractivity contribution in [2.45, 2.75) is 20.0 Å². The zero-order valence-corrected chi connectivity index (χ0v) is 10.7. The summed E-state index contributed by atoms with van der Waals surface area (Å²) in [5.41, 5.74) is 0.661. The van der Waals surface area contributed by atoms with Crippen LogP contribution in [-0.4, -0.2) is 18.6 Å². The minimum absolute atomic E-state index is 0.0657. The number of hydrogen-bond donors (Lipinski definition) is 1. The predicted molar refractivity (Wildman–Crippen MR) is 63.8 cm³/mol. The standard InChI is InChI=1S/C11H13BrFNO2/c1-7(2)16-11(15)6-14-8-3-4-10(13)9(12)5-8/h3-5,7,14H,6H2,1-2H3. The first-order valence-electron chi connectivity index (χ1n) is 4.87. The van der Waals surface area contributed by atoms with Crippen LogP contribution in [0.5, 0.6) is 0 Å². The van der Waals surface area contributed by atoms with Crippen LogP contribution in [0.15, 0.2) is 22.7 Å². The fourth-order valence-electron chi connectivity index (χ4n) is 1.08. The normalized spacial score (nSPS) is 10.3. The number of nitrogens with one attached hydrogen (secondary N) is 1. The van der Waals surface area contributed by atoms with E-state index >= 15 is 0 Å². The number of rotatable bonds is 4. The van der Waals surface area contributed by atoms with E-state index in [-0.39, 0.29) is 24.4 Å². The van der Waals surface area contributed by atoms with E-state index in [2.05, 4.69) is 21.2 Å². The van der Waals surface area contributed by atoms with Gasteiger partial charge < -0.3 is 10.1 Å². The van der Waals surface area contributed by atoms with E-state index in [4.69, 9.17) is 4.74 Å². The Balaban J connectivity index is 2.48. The van der Waals surface area contributed by atoms with Gasteiger partial charge in [0.15, 0.2) is 0 Å². The lowest BCUT2D eigenvalue weighted by Gasteiger charge is -2.09. The molecule has 0 heterocycles. The van der Waals surface area contributed by atoms with Gasteiger partial charge in [0.05, 0.1) is 10.6 Å². The van der Waals surface area contributed by atoms with Crippen LogP contribution in [0.25, 0.3) is 0 Å². The zero-order valence-electron chi connectivity index (χ0n) is 9.09. The van der Waals surface area contributed by atoms with Crippen LogP contribution < -0.4 is 5.32 Å². The Kier molecular flexibility index (Phi) is 4.73. The average molecular weight is 290 g/mol. The predicted octanol–water partition coefficient (Wildman–Crippen LogP) is 2.95. The van der Waals surface area contributed by atoms with Gasteiger partial charge in [0.1, 0.15) is 12.4 Å². The molecule has 0 unspecified atom stereocenters. The van der Waals surface area contributed by atoms with Crippen molar-refractivity contribution >= 4 is 27.6 Å². The summed E-state index contributed by atoms with van der Waals surface area (Å²) in [4.78, 5) is 11.2. The Labute approximate surface area is 102 Å². The van der Waals surface area contributed by atoms with Crippen LogP contribution in [0, 0.1) is 5.82 Å².